The zero-order valence-electron chi connectivity index (χ0n) is 12.2. The fourth-order valence-corrected chi connectivity index (χ4v) is 3.83. The van der Waals surface area contributed by atoms with E-state index in [1.54, 1.807) is 6.33 Å². The second-order valence-corrected chi connectivity index (χ2v) is 6.31. The van der Waals surface area contributed by atoms with Crippen molar-refractivity contribution in [3.8, 4) is 0 Å². The number of nitrogens with zero attached hydrogens (tertiary/aromatic N) is 2. The minimum absolute atomic E-state index is 0.138. The van der Waals surface area contributed by atoms with Crippen LogP contribution in [0.1, 0.15) is 38.5 Å². The molecule has 2 heterocycles. The normalized spacial score (nSPS) is 24.5. The monoisotopic (exact) mass is 283 g/mol. The first-order chi connectivity index (χ1) is 10.3. The number of hydrogen-bond acceptors (Lipinski definition) is 4. The molecule has 1 unspecified atom stereocenters. The summed E-state index contributed by atoms with van der Waals surface area (Å²) in [6, 6.07) is 8.63. The molecule has 4 nitrogen and oxygen atoms in total. The van der Waals surface area contributed by atoms with E-state index in [1.165, 1.54) is 25.7 Å². The van der Waals surface area contributed by atoms with Crippen molar-refractivity contribution in [2.75, 3.05) is 11.9 Å². The van der Waals surface area contributed by atoms with Crippen LogP contribution >= 0.6 is 0 Å². The number of fused-ring (bicyclic) bond motifs is 1. The second kappa shape index (κ2) is 5.26. The number of rotatable bonds is 2. The van der Waals surface area contributed by atoms with Gasteiger partial charge >= 0.3 is 0 Å². The predicted molar refractivity (Wildman–Crippen MR) is 83.3 cm³/mol. The molecule has 1 aromatic heterocycles. The van der Waals surface area contributed by atoms with E-state index < -0.39 is 0 Å². The van der Waals surface area contributed by atoms with E-state index >= 15 is 0 Å². The van der Waals surface area contributed by atoms with Crippen molar-refractivity contribution in [1.82, 2.24) is 9.97 Å². The zero-order chi connectivity index (χ0) is 14.1. The van der Waals surface area contributed by atoms with Crippen LogP contribution in [0.5, 0.6) is 0 Å². The molecule has 0 radical (unpaired) electrons. The van der Waals surface area contributed by atoms with Gasteiger partial charge in [-0.25, -0.2) is 9.97 Å². The highest BCUT2D eigenvalue weighted by Gasteiger charge is 2.39. The third-order valence-corrected chi connectivity index (χ3v) is 4.89. The van der Waals surface area contributed by atoms with Crippen molar-refractivity contribution in [3.63, 3.8) is 0 Å². The average Bonchev–Trinajstić information content (AvgIpc) is 2.95. The third kappa shape index (κ3) is 2.48. The van der Waals surface area contributed by atoms with Gasteiger partial charge in [-0.15, -0.1) is 0 Å². The largest absolute Gasteiger partial charge is 0.375 e. The van der Waals surface area contributed by atoms with Crippen molar-refractivity contribution in [2.45, 2.75) is 50.2 Å². The first kappa shape index (κ1) is 13.0. The van der Waals surface area contributed by atoms with Crippen LogP contribution in [-0.4, -0.2) is 28.2 Å². The second-order valence-electron chi connectivity index (χ2n) is 6.31. The summed E-state index contributed by atoms with van der Waals surface area (Å²) >= 11 is 0. The molecular formula is C17H21N3O. The molecule has 1 N–H and O–H groups in total. The van der Waals surface area contributed by atoms with E-state index in [4.69, 9.17) is 4.74 Å². The summed E-state index contributed by atoms with van der Waals surface area (Å²) in [5.41, 5.74) is 1.14. The standard InChI is InChI=1S/C17H21N3O/c1-2-6-15-14(5-1)16(19-12-18-15)20-13-7-10-21-17(11-13)8-3-4-9-17/h1-2,5-6,12-13H,3-4,7-11H2,(H,18,19,20). The molecule has 1 aromatic carbocycles. The Morgan fingerprint density at radius 3 is 2.90 bits per heavy atom. The Morgan fingerprint density at radius 2 is 2.00 bits per heavy atom. The van der Waals surface area contributed by atoms with Crippen LogP contribution in [0.25, 0.3) is 10.9 Å². The van der Waals surface area contributed by atoms with Gasteiger partial charge in [0.15, 0.2) is 0 Å². The van der Waals surface area contributed by atoms with Crippen LogP contribution in [0.2, 0.25) is 0 Å². The maximum atomic E-state index is 6.11. The highest BCUT2D eigenvalue weighted by molar-refractivity contribution is 5.88. The summed E-state index contributed by atoms with van der Waals surface area (Å²) in [5.74, 6) is 0.959. The van der Waals surface area contributed by atoms with Gasteiger partial charge in [0.2, 0.25) is 0 Å². The molecular weight excluding hydrogens is 262 g/mol. The van der Waals surface area contributed by atoms with Gasteiger partial charge in [-0.3, -0.25) is 0 Å². The van der Waals surface area contributed by atoms with Crippen LogP contribution in [0, 0.1) is 0 Å². The molecule has 1 saturated heterocycles. The highest BCUT2D eigenvalue weighted by atomic mass is 16.5. The summed E-state index contributed by atoms with van der Waals surface area (Å²) in [7, 11) is 0. The number of aromatic nitrogens is 2. The van der Waals surface area contributed by atoms with Crippen LogP contribution in [0.15, 0.2) is 30.6 Å². The Kier molecular flexibility index (Phi) is 3.26. The Hall–Kier alpha value is -1.68. The third-order valence-electron chi connectivity index (χ3n) is 4.89. The molecule has 1 aliphatic heterocycles. The van der Waals surface area contributed by atoms with Crippen molar-refractivity contribution in [1.29, 1.82) is 0 Å². The lowest BCUT2D eigenvalue weighted by Crippen LogP contribution is -2.42. The predicted octanol–water partition coefficient (Wildman–Crippen LogP) is 3.53. The zero-order valence-corrected chi connectivity index (χ0v) is 12.2. The van der Waals surface area contributed by atoms with E-state index in [-0.39, 0.29) is 5.60 Å². The molecule has 1 spiro atoms. The highest BCUT2D eigenvalue weighted by Crippen LogP contribution is 2.40. The Labute approximate surface area is 124 Å². The molecule has 2 aromatic rings. The molecule has 21 heavy (non-hydrogen) atoms. The average molecular weight is 283 g/mol. The lowest BCUT2D eigenvalue weighted by atomic mass is 9.89. The van der Waals surface area contributed by atoms with E-state index in [0.29, 0.717) is 6.04 Å². The van der Waals surface area contributed by atoms with Crippen LogP contribution in [0.4, 0.5) is 5.82 Å². The minimum atomic E-state index is 0.138. The van der Waals surface area contributed by atoms with E-state index in [9.17, 15) is 0 Å². The van der Waals surface area contributed by atoms with Crippen LogP contribution in [0.3, 0.4) is 0 Å². The maximum absolute atomic E-state index is 6.11. The van der Waals surface area contributed by atoms with Gasteiger partial charge in [-0.2, -0.15) is 0 Å². The lowest BCUT2D eigenvalue weighted by Gasteiger charge is -2.38. The quantitative estimate of drug-likeness (QED) is 0.916. The molecule has 1 atom stereocenters. The molecule has 1 saturated carbocycles. The molecule has 110 valence electrons. The number of benzene rings is 1. The first-order valence-electron chi connectivity index (χ1n) is 7.95. The maximum Gasteiger partial charge on any atom is 0.137 e. The van der Waals surface area contributed by atoms with Crippen molar-refractivity contribution < 1.29 is 4.74 Å². The summed E-state index contributed by atoms with van der Waals surface area (Å²) in [4.78, 5) is 8.78. The van der Waals surface area contributed by atoms with Crippen molar-refractivity contribution in [2.24, 2.45) is 0 Å². The van der Waals surface area contributed by atoms with Crippen molar-refractivity contribution >= 4 is 16.7 Å². The van der Waals surface area contributed by atoms with Crippen LogP contribution in [-0.2, 0) is 4.74 Å². The molecule has 4 rings (SSSR count). The molecule has 2 aliphatic rings. The van der Waals surface area contributed by atoms with Gasteiger partial charge in [-0.05, 0) is 37.8 Å². The summed E-state index contributed by atoms with van der Waals surface area (Å²) in [6.07, 6.45) is 8.86. The molecule has 2 fully saturated rings. The number of anilines is 1. The Morgan fingerprint density at radius 1 is 1.14 bits per heavy atom. The lowest BCUT2D eigenvalue weighted by molar-refractivity contribution is -0.0767. The van der Waals surface area contributed by atoms with E-state index in [2.05, 4.69) is 21.4 Å². The summed E-state index contributed by atoms with van der Waals surface area (Å²) < 4.78 is 6.11. The van der Waals surface area contributed by atoms with Gasteiger partial charge in [0.1, 0.15) is 12.1 Å². The van der Waals surface area contributed by atoms with E-state index in [0.717, 1.165) is 36.2 Å². The minimum Gasteiger partial charge on any atom is -0.375 e. The van der Waals surface area contributed by atoms with Gasteiger partial charge in [0, 0.05) is 18.0 Å². The topological polar surface area (TPSA) is 47.0 Å². The summed E-state index contributed by atoms with van der Waals surface area (Å²) in [5, 5.41) is 4.75. The fraction of sp³-hybridized carbons (Fsp3) is 0.529. The van der Waals surface area contributed by atoms with Gasteiger partial charge in [0.25, 0.3) is 0 Å². The number of para-hydroxylation sites is 1. The molecule has 1 aliphatic carbocycles. The Bertz CT molecular complexity index is 631. The summed E-state index contributed by atoms with van der Waals surface area (Å²) in [6.45, 7) is 0.862. The van der Waals surface area contributed by atoms with E-state index in [1.807, 2.05) is 18.2 Å². The SMILES string of the molecule is c1ccc2c(NC3CCOC4(CCCC4)C3)ncnc2c1. The smallest absolute Gasteiger partial charge is 0.137 e. The number of nitrogens with one attached hydrogen (secondary N) is 1. The Balaban J connectivity index is 1.57. The van der Waals surface area contributed by atoms with Gasteiger partial charge < -0.3 is 10.1 Å². The first-order valence-corrected chi connectivity index (χ1v) is 7.95. The number of hydrogen-bond donors (Lipinski definition) is 1. The van der Waals surface area contributed by atoms with Gasteiger partial charge in [0.05, 0.1) is 11.1 Å². The van der Waals surface area contributed by atoms with Gasteiger partial charge in [-0.1, -0.05) is 25.0 Å². The molecule has 0 amide bonds. The van der Waals surface area contributed by atoms with Crippen molar-refractivity contribution in [3.05, 3.63) is 30.6 Å². The fourth-order valence-electron chi connectivity index (χ4n) is 3.83. The molecule has 0 bridgehead atoms. The molecule has 4 heteroatoms. The van der Waals surface area contributed by atoms with Crippen LogP contribution < -0.4 is 5.32 Å². The number of ether oxygens (including phenoxy) is 1.